The fourth-order valence-corrected chi connectivity index (χ4v) is 1.44. The van der Waals surface area contributed by atoms with Gasteiger partial charge in [-0.2, -0.15) is 0 Å². The van der Waals surface area contributed by atoms with E-state index in [4.69, 9.17) is 11.5 Å². The molecule has 0 bridgehead atoms. The molecule has 1 unspecified atom stereocenters. The summed E-state index contributed by atoms with van der Waals surface area (Å²) in [6, 6.07) is 6.21. The molecular formula is C14H21N3O2. The number of rotatable bonds is 4. The Balaban J connectivity index is 2.60. The zero-order valence-corrected chi connectivity index (χ0v) is 11.6. The molecule has 2 amide bonds. The SMILES string of the molecule is CC(C)(C)C(N)CC(=O)Nc1ccc(C(N)=O)cc1. The summed E-state index contributed by atoms with van der Waals surface area (Å²) >= 11 is 0. The maximum absolute atomic E-state index is 11.8. The third kappa shape index (κ3) is 4.71. The standard InChI is InChI=1S/C14H21N3O2/c1-14(2,3)11(15)8-12(18)17-10-6-4-9(5-7-10)13(16)19/h4-7,11H,8,15H2,1-3H3,(H2,16,19)(H,17,18). The van der Waals surface area contributed by atoms with E-state index in [0.717, 1.165) is 0 Å². The molecule has 1 rings (SSSR count). The highest BCUT2D eigenvalue weighted by molar-refractivity contribution is 5.94. The van der Waals surface area contributed by atoms with Crippen LogP contribution in [0, 0.1) is 5.41 Å². The first-order chi connectivity index (χ1) is 8.70. The van der Waals surface area contributed by atoms with E-state index < -0.39 is 5.91 Å². The highest BCUT2D eigenvalue weighted by Crippen LogP contribution is 2.20. The molecule has 0 radical (unpaired) electrons. The van der Waals surface area contributed by atoms with Crippen LogP contribution < -0.4 is 16.8 Å². The van der Waals surface area contributed by atoms with Crippen molar-refractivity contribution >= 4 is 17.5 Å². The molecule has 1 aromatic rings. The van der Waals surface area contributed by atoms with E-state index in [0.29, 0.717) is 11.3 Å². The fraction of sp³-hybridized carbons (Fsp3) is 0.429. The predicted molar refractivity (Wildman–Crippen MR) is 75.6 cm³/mol. The number of anilines is 1. The molecule has 1 atom stereocenters. The number of nitrogens with two attached hydrogens (primary N) is 2. The molecule has 0 aliphatic rings. The van der Waals surface area contributed by atoms with Crippen LogP contribution >= 0.6 is 0 Å². The maximum Gasteiger partial charge on any atom is 0.248 e. The van der Waals surface area contributed by atoms with Gasteiger partial charge in [0.05, 0.1) is 0 Å². The predicted octanol–water partition coefficient (Wildman–Crippen LogP) is 1.49. The van der Waals surface area contributed by atoms with Crippen LogP contribution in [0.25, 0.3) is 0 Å². The number of amides is 2. The summed E-state index contributed by atoms with van der Waals surface area (Å²) in [6.07, 6.45) is 0.251. The smallest absolute Gasteiger partial charge is 0.248 e. The summed E-state index contributed by atoms with van der Waals surface area (Å²) in [5, 5.41) is 2.74. The summed E-state index contributed by atoms with van der Waals surface area (Å²) in [7, 11) is 0. The molecule has 5 heteroatoms. The number of carbonyl (C=O) groups is 2. The first kappa shape index (κ1) is 15.2. The number of carbonyl (C=O) groups excluding carboxylic acids is 2. The molecule has 0 fully saturated rings. The average Bonchev–Trinajstić information content (AvgIpc) is 2.28. The minimum Gasteiger partial charge on any atom is -0.366 e. The Morgan fingerprint density at radius 3 is 2.16 bits per heavy atom. The van der Waals surface area contributed by atoms with Crippen molar-refractivity contribution in [3.05, 3.63) is 29.8 Å². The van der Waals surface area contributed by atoms with Crippen LogP contribution in [-0.4, -0.2) is 17.9 Å². The zero-order chi connectivity index (χ0) is 14.6. The van der Waals surface area contributed by atoms with Gasteiger partial charge in [-0.1, -0.05) is 20.8 Å². The molecular weight excluding hydrogens is 242 g/mol. The Kier molecular flexibility index (Phi) is 4.67. The van der Waals surface area contributed by atoms with E-state index in [-0.39, 0.29) is 23.8 Å². The molecule has 0 aliphatic carbocycles. The fourth-order valence-electron chi connectivity index (χ4n) is 1.44. The molecule has 1 aromatic carbocycles. The largest absolute Gasteiger partial charge is 0.366 e. The van der Waals surface area contributed by atoms with Crippen molar-refractivity contribution in [1.29, 1.82) is 0 Å². The second-order valence-corrected chi connectivity index (χ2v) is 5.67. The minimum absolute atomic E-state index is 0.118. The van der Waals surface area contributed by atoms with Crippen LogP contribution in [0.4, 0.5) is 5.69 Å². The van der Waals surface area contributed by atoms with E-state index in [9.17, 15) is 9.59 Å². The number of primary amides is 1. The monoisotopic (exact) mass is 263 g/mol. The van der Waals surface area contributed by atoms with Crippen LogP contribution in [0.1, 0.15) is 37.6 Å². The van der Waals surface area contributed by atoms with Crippen molar-refractivity contribution in [2.24, 2.45) is 16.9 Å². The van der Waals surface area contributed by atoms with Crippen molar-refractivity contribution in [2.45, 2.75) is 33.2 Å². The van der Waals surface area contributed by atoms with Crippen LogP contribution in [-0.2, 0) is 4.79 Å². The van der Waals surface area contributed by atoms with Crippen molar-refractivity contribution in [3.8, 4) is 0 Å². The number of benzene rings is 1. The van der Waals surface area contributed by atoms with Crippen LogP contribution in [0.2, 0.25) is 0 Å². The van der Waals surface area contributed by atoms with E-state index in [1.54, 1.807) is 24.3 Å². The second kappa shape index (κ2) is 5.84. The Hall–Kier alpha value is -1.88. The molecule has 0 spiro atoms. The normalized spacial score (nSPS) is 12.8. The lowest BCUT2D eigenvalue weighted by atomic mass is 9.85. The molecule has 0 saturated heterocycles. The van der Waals surface area contributed by atoms with Gasteiger partial charge in [-0.3, -0.25) is 9.59 Å². The van der Waals surface area contributed by atoms with Crippen molar-refractivity contribution in [3.63, 3.8) is 0 Å². The quantitative estimate of drug-likeness (QED) is 0.767. The van der Waals surface area contributed by atoms with Gasteiger partial charge in [-0.15, -0.1) is 0 Å². The third-order valence-electron chi connectivity index (χ3n) is 2.97. The molecule has 0 aromatic heterocycles. The lowest BCUT2D eigenvalue weighted by molar-refractivity contribution is -0.117. The first-order valence-electron chi connectivity index (χ1n) is 6.15. The minimum atomic E-state index is -0.493. The van der Waals surface area contributed by atoms with Crippen LogP contribution in [0.3, 0.4) is 0 Å². The van der Waals surface area contributed by atoms with E-state index in [2.05, 4.69) is 5.32 Å². The number of hydrogen-bond acceptors (Lipinski definition) is 3. The molecule has 19 heavy (non-hydrogen) atoms. The zero-order valence-electron chi connectivity index (χ0n) is 11.6. The lowest BCUT2D eigenvalue weighted by Gasteiger charge is -2.26. The Bertz CT molecular complexity index is 461. The summed E-state index contributed by atoms with van der Waals surface area (Å²) in [5.41, 5.74) is 12.0. The van der Waals surface area contributed by atoms with Crippen molar-refractivity contribution < 1.29 is 9.59 Å². The topological polar surface area (TPSA) is 98.2 Å². The molecule has 5 nitrogen and oxygen atoms in total. The Morgan fingerprint density at radius 1 is 1.21 bits per heavy atom. The second-order valence-electron chi connectivity index (χ2n) is 5.67. The van der Waals surface area contributed by atoms with Gasteiger partial charge < -0.3 is 16.8 Å². The Labute approximate surface area is 113 Å². The van der Waals surface area contributed by atoms with Crippen molar-refractivity contribution in [2.75, 3.05) is 5.32 Å². The van der Waals surface area contributed by atoms with Crippen LogP contribution in [0.15, 0.2) is 24.3 Å². The highest BCUT2D eigenvalue weighted by Gasteiger charge is 2.23. The summed E-state index contributed by atoms with van der Waals surface area (Å²) in [4.78, 5) is 22.7. The van der Waals surface area contributed by atoms with E-state index in [1.807, 2.05) is 20.8 Å². The molecule has 0 heterocycles. The van der Waals surface area contributed by atoms with Gasteiger partial charge >= 0.3 is 0 Å². The van der Waals surface area contributed by atoms with Gasteiger partial charge in [0, 0.05) is 23.7 Å². The number of nitrogens with one attached hydrogen (secondary N) is 1. The van der Waals surface area contributed by atoms with Crippen LogP contribution in [0.5, 0.6) is 0 Å². The maximum atomic E-state index is 11.8. The average molecular weight is 263 g/mol. The van der Waals surface area contributed by atoms with Gasteiger partial charge in [0.1, 0.15) is 0 Å². The van der Waals surface area contributed by atoms with Gasteiger partial charge in [-0.25, -0.2) is 0 Å². The molecule has 0 aliphatic heterocycles. The van der Waals surface area contributed by atoms with Gasteiger partial charge in [0.2, 0.25) is 11.8 Å². The van der Waals surface area contributed by atoms with Gasteiger partial charge in [0.25, 0.3) is 0 Å². The van der Waals surface area contributed by atoms with E-state index in [1.165, 1.54) is 0 Å². The number of hydrogen-bond donors (Lipinski definition) is 3. The summed E-state index contributed by atoms with van der Waals surface area (Å²) < 4.78 is 0. The molecule has 0 saturated carbocycles. The lowest BCUT2D eigenvalue weighted by Crippen LogP contribution is -2.38. The van der Waals surface area contributed by atoms with Gasteiger partial charge in [-0.05, 0) is 29.7 Å². The van der Waals surface area contributed by atoms with Crippen molar-refractivity contribution in [1.82, 2.24) is 0 Å². The van der Waals surface area contributed by atoms with Gasteiger partial charge in [0.15, 0.2) is 0 Å². The third-order valence-corrected chi connectivity index (χ3v) is 2.97. The summed E-state index contributed by atoms with van der Waals surface area (Å²) in [6.45, 7) is 5.98. The Morgan fingerprint density at radius 2 is 1.74 bits per heavy atom. The highest BCUT2D eigenvalue weighted by atomic mass is 16.2. The molecule has 104 valence electrons. The summed E-state index contributed by atoms with van der Waals surface area (Å²) in [5.74, 6) is -0.637. The molecule has 5 N–H and O–H groups in total. The van der Waals surface area contributed by atoms with E-state index >= 15 is 0 Å². The first-order valence-corrected chi connectivity index (χ1v) is 6.15.